The molecule has 0 spiro atoms. The molecule has 0 aliphatic carbocycles. The molecule has 1 fully saturated rings. The number of fused-ring (bicyclic) bond motifs is 1. The largest absolute Gasteiger partial charge is 0.302 e. The van der Waals surface area contributed by atoms with Crippen LogP contribution >= 0.6 is 0 Å². The van der Waals surface area contributed by atoms with Gasteiger partial charge in [0.1, 0.15) is 11.1 Å². The molecule has 2 aromatic rings. The van der Waals surface area contributed by atoms with Crippen LogP contribution in [0.2, 0.25) is 0 Å². The monoisotopic (exact) mass is 264 g/mol. The molecule has 4 nitrogen and oxygen atoms in total. The highest BCUT2D eigenvalue weighted by Crippen LogP contribution is 2.33. The zero-order valence-electron chi connectivity index (χ0n) is 10.3. The predicted octanol–water partition coefficient (Wildman–Crippen LogP) is 2.28. The van der Waals surface area contributed by atoms with Crippen LogP contribution in [0.5, 0.6) is 0 Å². The van der Waals surface area contributed by atoms with Crippen molar-refractivity contribution in [2.75, 3.05) is 5.75 Å². The lowest BCUT2D eigenvalue weighted by Crippen LogP contribution is -2.23. The lowest BCUT2D eigenvalue weighted by atomic mass is 10.2. The van der Waals surface area contributed by atoms with Crippen LogP contribution in [0.25, 0.3) is 5.52 Å². The molecule has 1 aliphatic rings. The molecule has 0 radical (unpaired) electrons. The van der Waals surface area contributed by atoms with E-state index in [4.69, 9.17) is 0 Å². The number of hydrogen-bond acceptors (Lipinski definition) is 3. The Morgan fingerprint density at radius 2 is 2.22 bits per heavy atom. The van der Waals surface area contributed by atoms with E-state index in [0.29, 0.717) is 18.0 Å². The third-order valence-corrected chi connectivity index (χ3v) is 5.85. The second kappa shape index (κ2) is 4.09. The second-order valence-electron chi connectivity index (χ2n) is 4.91. The summed E-state index contributed by atoms with van der Waals surface area (Å²) < 4.78 is 26.2. The van der Waals surface area contributed by atoms with E-state index in [2.05, 4.69) is 4.98 Å². The first kappa shape index (κ1) is 11.7. The molecule has 0 amide bonds. The Kier molecular flexibility index (Phi) is 2.66. The molecule has 18 heavy (non-hydrogen) atoms. The molecular weight excluding hydrogens is 248 g/mol. The topological polar surface area (TPSA) is 51.4 Å². The van der Waals surface area contributed by atoms with Crippen LogP contribution in [0, 0.1) is 6.92 Å². The summed E-state index contributed by atoms with van der Waals surface area (Å²) in [5.74, 6) is 0.965. The molecule has 3 rings (SSSR count). The third-order valence-electron chi connectivity index (χ3n) is 3.68. The van der Waals surface area contributed by atoms with Crippen LogP contribution in [0.1, 0.15) is 35.9 Å². The van der Waals surface area contributed by atoms with E-state index in [1.165, 1.54) is 0 Å². The molecule has 1 unspecified atom stereocenters. The molecular formula is C13H16N2O2S. The van der Waals surface area contributed by atoms with Crippen molar-refractivity contribution in [2.24, 2.45) is 0 Å². The number of sulfone groups is 1. The van der Waals surface area contributed by atoms with E-state index in [-0.39, 0.29) is 0 Å². The van der Waals surface area contributed by atoms with E-state index >= 15 is 0 Å². The molecule has 0 aromatic carbocycles. The van der Waals surface area contributed by atoms with Crippen molar-refractivity contribution in [1.29, 1.82) is 0 Å². The van der Waals surface area contributed by atoms with Gasteiger partial charge >= 0.3 is 0 Å². The van der Waals surface area contributed by atoms with Gasteiger partial charge in [-0.25, -0.2) is 13.4 Å². The van der Waals surface area contributed by atoms with E-state index < -0.39 is 15.1 Å². The summed E-state index contributed by atoms with van der Waals surface area (Å²) >= 11 is 0. The first-order chi connectivity index (χ1) is 8.59. The van der Waals surface area contributed by atoms with Gasteiger partial charge in [-0.1, -0.05) is 12.5 Å². The van der Waals surface area contributed by atoms with Crippen molar-refractivity contribution < 1.29 is 8.42 Å². The highest BCUT2D eigenvalue weighted by molar-refractivity contribution is 7.91. The van der Waals surface area contributed by atoms with Crippen LogP contribution in [-0.2, 0) is 9.84 Å². The third kappa shape index (κ3) is 1.73. The molecule has 3 heterocycles. The summed E-state index contributed by atoms with van der Waals surface area (Å²) in [6.07, 6.45) is 6.10. The zero-order valence-corrected chi connectivity index (χ0v) is 11.2. The van der Waals surface area contributed by atoms with Crippen molar-refractivity contribution in [3.8, 4) is 0 Å². The van der Waals surface area contributed by atoms with Crippen LogP contribution in [0.15, 0.2) is 24.5 Å². The summed E-state index contributed by atoms with van der Waals surface area (Å²) in [4.78, 5) is 4.36. The first-order valence-electron chi connectivity index (χ1n) is 6.24. The minimum absolute atomic E-state index is 0.290. The number of nitrogens with zero attached hydrogens (tertiary/aromatic N) is 2. The van der Waals surface area contributed by atoms with Gasteiger partial charge < -0.3 is 4.40 Å². The van der Waals surface area contributed by atoms with Gasteiger partial charge in [0.15, 0.2) is 9.84 Å². The predicted molar refractivity (Wildman–Crippen MR) is 70.3 cm³/mol. The number of aryl methyl sites for hydroxylation is 1. The number of imidazole rings is 1. The Labute approximate surface area is 107 Å². The molecule has 0 bridgehead atoms. The van der Waals surface area contributed by atoms with E-state index in [9.17, 15) is 8.42 Å². The second-order valence-corrected chi connectivity index (χ2v) is 7.22. The van der Waals surface area contributed by atoms with Crippen LogP contribution in [-0.4, -0.2) is 23.6 Å². The van der Waals surface area contributed by atoms with Gasteiger partial charge in [-0.15, -0.1) is 0 Å². The van der Waals surface area contributed by atoms with Gasteiger partial charge in [0.25, 0.3) is 0 Å². The van der Waals surface area contributed by atoms with E-state index in [1.807, 2.05) is 29.7 Å². The van der Waals surface area contributed by atoms with Crippen molar-refractivity contribution in [3.63, 3.8) is 0 Å². The van der Waals surface area contributed by atoms with Gasteiger partial charge in [0, 0.05) is 6.20 Å². The van der Waals surface area contributed by atoms with Gasteiger partial charge in [-0.3, -0.25) is 0 Å². The summed E-state index contributed by atoms with van der Waals surface area (Å²) in [6.45, 7) is 2.01. The number of hydrogen-bond donors (Lipinski definition) is 0. The van der Waals surface area contributed by atoms with E-state index in [1.54, 1.807) is 6.20 Å². The van der Waals surface area contributed by atoms with E-state index in [0.717, 1.165) is 23.9 Å². The Morgan fingerprint density at radius 3 is 3.00 bits per heavy atom. The van der Waals surface area contributed by atoms with Gasteiger partial charge in [-0.2, -0.15) is 0 Å². The lowest BCUT2D eigenvalue weighted by Gasteiger charge is -2.21. The lowest BCUT2D eigenvalue weighted by molar-refractivity contribution is 0.538. The molecule has 1 saturated heterocycles. The normalized spacial score (nSPS) is 23.3. The Hall–Kier alpha value is -1.36. The Morgan fingerprint density at radius 1 is 1.39 bits per heavy atom. The van der Waals surface area contributed by atoms with Crippen LogP contribution in [0.3, 0.4) is 0 Å². The number of aromatic nitrogens is 2. The molecule has 2 aromatic heterocycles. The van der Waals surface area contributed by atoms with Crippen molar-refractivity contribution in [1.82, 2.24) is 9.38 Å². The first-order valence-corrected chi connectivity index (χ1v) is 7.95. The summed E-state index contributed by atoms with van der Waals surface area (Å²) in [6, 6.07) is 3.94. The average molecular weight is 264 g/mol. The molecule has 1 atom stereocenters. The van der Waals surface area contributed by atoms with Crippen LogP contribution < -0.4 is 0 Å². The molecule has 5 heteroatoms. The highest BCUT2D eigenvalue weighted by atomic mass is 32.2. The summed E-state index contributed by atoms with van der Waals surface area (Å²) in [5, 5.41) is -0.435. The maximum Gasteiger partial charge on any atom is 0.160 e. The summed E-state index contributed by atoms with van der Waals surface area (Å²) in [5.41, 5.74) is 2.11. The standard InChI is InChI=1S/C13H16N2O2S/c1-10-5-4-7-15-11(10)9-14-13(15)12-6-2-3-8-18(12,16)17/h4-5,7,9,12H,2-3,6,8H2,1H3. The molecule has 0 N–H and O–H groups in total. The maximum atomic E-state index is 12.2. The average Bonchev–Trinajstić information content (AvgIpc) is 2.74. The maximum absolute atomic E-state index is 12.2. The summed E-state index contributed by atoms with van der Waals surface area (Å²) in [7, 11) is -3.03. The Balaban J connectivity index is 2.17. The fourth-order valence-electron chi connectivity index (χ4n) is 2.67. The minimum Gasteiger partial charge on any atom is -0.302 e. The van der Waals surface area contributed by atoms with Crippen molar-refractivity contribution in [2.45, 2.75) is 31.4 Å². The molecule has 0 saturated carbocycles. The number of rotatable bonds is 1. The number of pyridine rings is 1. The highest BCUT2D eigenvalue weighted by Gasteiger charge is 2.33. The van der Waals surface area contributed by atoms with Crippen LogP contribution in [0.4, 0.5) is 0 Å². The van der Waals surface area contributed by atoms with Gasteiger partial charge in [-0.05, 0) is 31.4 Å². The quantitative estimate of drug-likeness (QED) is 0.794. The molecule has 1 aliphatic heterocycles. The Bertz CT molecular complexity index is 688. The van der Waals surface area contributed by atoms with Gasteiger partial charge in [0.05, 0.1) is 17.5 Å². The minimum atomic E-state index is -3.03. The van der Waals surface area contributed by atoms with Crippen molar-refractivity contribution >= 4 is 15.4 Å². The van der Waals surface area contributed by atoms with Crippen molar-refractivity contribution in [3.05, 3.63) is 35.9 Å². The van der Waals surface area contributed by atoms with Gasteiger partial charge in [0.2, 0.25) is 0 Å². The molecule has 96 valence electrons. The fourth-order valence-corrected chi connectivity index (χ4v) is 4.58. The smallest absolute Gasteiger partial charge is 0.160 e. The SMILES string of the molecule is Cc1cccn2c(C3CCCCS3(=O)=O)ncc12. The zero-order chi connectivity index (χ0) is 12.8. The fraction of sp³-hybridized carbons (Fsp3) is 0.462.